The van der Waals surface area contributed by atoms with Crippen LogP contribution in [0, 0.1) is 4.91 Å². The number of nitrogens with zero attached hydrogens (tertiary/aromatic N) is 2. The molecule has 1 aliphatic heterocycles. The average molecular weight is 226 g/mol. The lowest BCUT2D eigenvalue weighted by Gasteiger charge is -2.07. The lowest BCUT2D eigenvalue weighted by Crippen LogP contribution is -1.94. The summed E-state index contributed by atoms with van der Waals surface area (Å²) >= 11 is 0. The molecule has 0 fully saturated rings. The van der Waals surface area contributed by atoms with Crippen LogP contribution in [0.1, 0.15) is 0 Å². The molecule has 1 heterocycles. The summed E-state index contributed by atoms with van der Waals surface area (Å²) in [6.45, 7) is 0. The van der Waals surface area contributed by atoms with E-state index in [-0.39, 0.29) is 0 Å². The van der Waals surface area contributed by atoms with Crippen LogP contribution in [0.15, 0.2) is 47.8 Å². The van der Waals surface area contributed by atoms with E-state index in [4.69, 9.17) is 5.73 Å². The summed E-state index contributed by atoms with van der Waals surface area (Å²) in [6.07, 6.45) is 0. The molecule has 3 rings (SSSR count). The minimum absolute atomic E-state index is 0.683. The molecular formula is C12H10N4O. The number of para-hydroxylation sites is 2. The number of nitroso groups, excluding NO2 is 1. The minimum Gasteiger partial charge on any atom is -0.397 e. The van der Waals surface area contributed by atoms with E-state index in [1.54, 1.807) is 0 Å². The molecule has 0 aromatic heterocycles. The zero-order valence-electron chi connectivity index (χ0n) is 8.92. The van der Waals surface area contributed by atoms with Gasteiger partial charge in [-0.1, -0.05) is 12.1 Å². The van der Waals surface area contributed by atoms with Gasteiger partial charge < -0.3 is 11.1 Å². The topological polar surface area (TPSA) is 70.5 Å². The van der Waals surface area contributed by atoms with Gasteiger partial charge in [0.1, 0.15) is 0 Å². The number of benzene rings is 2. The highest BCUT2D eigenvalue weighted by molar-refractivity contribution is 5.94. The van der Waals surface area contributed by atoms with Gasteiger partial charge in [-0.25, -0.2) is 0 Å². The van der Waals surface area contributed by atoms with Crippen LogP contribution in [0.5, 0.6) is 0 Å². The van der Waals surface area contributed by atoms with Crippen LogP contribution in [0.25, 0.3) is 0 Å². The van der Waals surface area contributed by atoms with Crippen molar-refractivity contribution in [2.45, 2.75) is 0 Å². The Morgan fingerprint density at radius 2 is 1.94 bits per heavy atom. The number of nitrogen functional groups attached to an aromatic ring is 1. The van der Waals surface area contributed by atoms with Gasteiger partial charge in [0.25, 0.3) is 0 Å². The van der Waals surface area contributed by atoms with E-state index < -0.39 is 0 Å². The molecular weight excluding hydrogens is 216 g/mol. The number of rotatable bonds is 3. The molecule has 3 N–H and O–H groups in total. The maximum absolute atomic E-state index is 10.4. The molecule has 0 unspecified atom stereocenters. The SMILES string of the molecule is Nc1ccccc1Nc1ccc2c(c1)N2N=O. The van der Waals surface area contributed by atoms with Crippen LogP contribution in [0.4, 0.5) is 28.4 Å². The Hall–Kier alpha value is -2.56. The Morgan fingerprint density at radius 3 is 2.71 bits per heavy atom. The monoisotopic (exact) mass is 226 g/mol. The van der Waals surface area contributed by atoms with E-state index in [9.17, 15) is 4.91 Å². The fourth-order valence-electron chi connectivity index (χ4n) is 1.77. The second kappa shape index (κ2) is 3.48. The zero-order valence-corrected chi connectivity index (χ0v) is 8.92. The molecule has 2 aromatic carbocycles. The van der Waals surface area contributed by atoms with Gasteiger partial charge in [-0.15, -0.1) is 4.91 Å². The quantitative estimate of drug-likeness (QED) is 0.479. The molecule has 84 valence electrons. The van der Waals surface area contributed by atoms with Gasteiger partial charge in [-0.3, -0.25) is 0 Å². The molecule has 0 aliphatic carbocycles. The fourth-order valence-corrected chi connectivity index (χ4v) is 1.77. The normalized spacial score (nSPS) is 11.9. The lowest BCUT2D eigenvalue weighted by atomic mass is 10.2. The van der Waals surface area contributed by atoms with Gasteiger partial charge >= 0.3 is 0 Å². The summed E-state index contributed by atoms with van der Waals surface area (Å²) in [5.41, 5.74) is 9.93. The molecule has 0 bridgehead atoms. The third-order valence-electron chi connectivity index (χ3n) is 2.70. The van der Waals surface area contributed by atoms with Crippen molar-refractivity contribution in [2.24, 2.45) is 5.29 Å². The van der Waals surface area contributed by atoms with E-state index >= 15 is 0 Å². The molecule has 1 aliphatic rings. The second-order valence-electron chi connectivity index (χ2n) is 3.81. The number of hydrogen-bond donors (Lipinski definition) is 2. The van der Waals surface area contributed by atoms with Gasteiger partial charge in [0.05, 0.1) is 28.0 Å². The molecule has 0 atom stereocenters. The van der Waals surface area contributed by atoms with Crippen molar-refractivity contribution >= 4 is 28.4 Å². The van der Waals surface area contributed by atoms with Gasteiger partial charge in [0.15, 0.2) is 0 Å². The van der Waals surface area contributed by atoms with Crippen molar-refractivity contribution in [3.8, 4) is 0 Å². The van der Waals surface area contributed by atoms with E-state index in [0.29, 0.717) is 5.69 Å². The maximum Gasteiger partial charge on any atom is 0.0965 e. The first-order chi connectivity index (χ1) is 8.29. The first-order valence-corrected chi connectivity index (χ1v) is 5.18. The predicted molar refractivity (Wildman–Crippen MR) is 68.5 cm³/mol. The van der Waals surface area contributed by atoms with Gasteiger partial charge in [0.2, 0.25) is 0 Å². The lowest BCUT2D eigenvalue weighted by molar-refractivity contribution is 1.21. The highest BCUT2D eigenvalue weighted by Gasteiger charge is 2.30. The third-order valence-corrected chi connectivity index (χ3v) is 2.70. The number of fused-ring (bicyclic) bond motifs is 1. The largest absolute Gasteiger partial charge is 0.397 e. The number of hydrogen-bond acceptors (Lipinski definition) is 4. The Morgan fingerprint density at radius 1 is 1.12 bits per heavy atom. The molecule has 5 heteroatoms. The smallest absolute Gasteiger partial charge is 0.0965 e. The van der Waals surface area contributed by atoms with Crippen LogP contribution < -0.4 is 16.1 Å². The van der Waals surface area contributed by atoms with E-state index in [1.165, 1.54) is 5.01 Å². The molecule has 0 amide bonds. The predicted octanol–water partition coefficient (Wildman–Crippen LogP) is 3.15. The van der Waals surface area contributed by atoms with Gasteiger partial charge in [-0.2, -0.15) is 5.01 Å². The molecule has 5 nitrogen and oxygen atoms in total. The van der Waals surface area contributed by atoms with Crippen LogP contribution in [-0.4, -0.2) is 0 Å². The van der Waals surface area contributed by atoms with Gasteiger partial charge in [-0.05, 0) is 30.3 Å². The maximum atomic E-state index is 10.4. The van der Waals surface area contributed by atoms with Gasteiger partial charge in [0, 0.05) is 5.69 Å². The van der Waals surface area contributed by atoms with E-state index in [2.05, 4.69) is 10.6 Å². The first kappa shape index (κ1) is 9.65. The van der Waals surface area contributed by atoms with Crippen molar-refractivity contribution in [2.75, 3.05) is 16.1 Å². The minimum atomic E-state index is 0.683. The van der Waals surface area contributed by atoms with Crippen molar-refractivity contribution in [3.63, 3.8) is 0 Å². The summed E-state index contributed by atoms with van der Waals surface area (Å²) in [6, 6.07) is 13.1. The molecule has 0 saturated heterocycles. The molecule has 2 aromatic rings. The summed E-state index contributed by atoms with van der Waals surface area (Å²) in [7, 11) is 0. The van der Waals surface area contributed by atoms with Crippen molar-refractivity contribution < 1.29 is 0 Å². The molecule has 0 saturated carbocycles. The number of anilines is 5. The van der Waals surface area contributed by atoms with Crippen LogP contribution in [-0.2, 0) is 0 Å². The summed E-state index contributed by atoms with van der Waals surface area (Å²) in [5.74, 6) is 0. The Labute approximate surface area is 97.8 Å². The summed E-state index contributed by atoms with van der Waals surface area (Å²) in [4.78, 5) is 10.4. The van der Waals surface area contributed by atoms with E-state index in [1.807, 2.05) is 42.5 Å². The fraction of sp³-hybridized carbons (Fsp3) is 0. The zero-order chi connectivity index (χ0) is 11.8. The first-order valence-electron chi connectivity index (χ1n) is 5.18. The Kier molecular flexibility index (Phi) is 1.98. The summed E-state index contributed by atoms with van der Waals surface area (Å²) in [5, 5.41) is 7.41. The average Bonchev–Trinajstić information content (AvgIpc) is 3.04. The molecule has 17 heavy (non-hydrogen) atoms. The summed E-state index contributed by atoms with van der Waals surface area (Å²) < 4.78 is 0. The number of nitrogens with two attached hydrogens (primary N) is 1. The number of nitrogens with one attached hydrogen (secondary N) is 1. The molecule has 0 radical (unpaired) electrons. The highest BCUT2D eigenvalue weighted by atomic mass is 16.3. The Bertz CT molecular complexity index is 597. The van der Waals surface area contributed by atoms with Crippen molar-refractivity contribution in [1.82, 2.24) is 0 Å². The highest BCUT2D eigenvalue weighted by Crippen LogP contribution is 2.49. The van der Waals surface area contributed by atoms with Crippen LogP contribution >= 0.6 is 0 Å². The van der Waals surface area contributed by atoms with Crippen molar-refractivity contribution in [1.29, 1.82) is 0 Å². The van der Waals surface area contributed by atoms with Crippen LogP contribution in [0.2, 0.25) is 0 Å². The van der Waals surface area contributed by atoms with Crippen molar-refractivity contribution in [3.05, 3.63) is 47.4 Å². The second-order valence-corrected chi connectivity index (χ2v) is 3.81. The molecule has 0 spiro atoms. The third kappa shape index (κ3) is 1.57. The standard InChI is InChI=1S/C12H10N4O/c13-9-3-1-2-4-10(9)14-8-5-6-11-12(7-8)16(11)15-17/h1-7,14H,13H2. The van der Waals surface area contributed by atoms with Crippen LogP contribution in [0.3, 0.4) is 0 Å². The van der Waals surface area contributed by atoms with E-state index in [0.717, 1.165) is 22.7 Å². The Balaban J connectivity index is 1.86.